The van der Waals surface area contributed by atoms with E-state index in [1.54, 1.807) is 12.1 Å². The summed E-state index contributed by atoms with van der Waals surface area (Å²) in [6, 6.07) is 20.4. The zero-order valence-corrected chi connectivity index (χ0v) is 17.6. The molecule has 3 aromatic carbocycles. The van der Waals surface area contributed by atoms with Gasteiger partial charge in [-0.2, -0.15) is 13.2 Å². The predicted molar refractivity (Wildman–Crippen MR) is 115 cm³/mol. The van der Waals surface area contributed by atoms with Crippen LogP contribution in [0.3, 0.4) is 0 Å². The minimum Gasteiger partial charge on any atom is -0.294 e. The highest BCUT2D eigenvalue weighted by molar-refractivity contribution is 5.66. The summed E-state index contributed by atoms with van der Waals surface area (Å²) in [5.74, 6) is 0. The molecule has 3 aromatic rings. The van der Waals surface area contributed by atoms with Crippen molar-refractivity contribution >= 4 is 0 Å². The molecule has 0 aliphatic carbocycles. The van der Waals surface area contributed by atoms with E-state index in [4.69, 9.17) is 0 Å². The van der Waals surface area contributed by atoms with Crippen LogP contribution in [0, 0.1) is 6.92 Å². The maximum absolute atomic E-state index is 12.9. The summed E-state index contributed by atoms with van der Waals surface area (Å²) < 4.78 is 38.6. The van der Waals surface area contributed by atoms with Crippen LogP contribution in [0.2, 0.25) is 0 Å². The van der Waals surface area contributed by atoms with Crippen molar-refractivity contribution in [1.82, 2.24) is 4.90 Å². The molecule has 0 spiro atoms. The molecule has 0 atom stereocenters. The first kappa shape index (κ1) is 20.7. The third-order valence-corrected chi connectivity index (χ3v) is 5.92. The van der Waals surface area contributed by atoms with Gasteiger partial charge in [-0.15, -0.1) is 0 Å². The average Bonchev–Trinajstić information content (AvgIpc) is 2.68. The Labute approximate surface area is 176 Å². The lowest BCUT2D eigenvalue weighted by atomic mass is 9.77. The second kappa shape index (κ2) is 7.59. The lowest BCUT2D eigenvalue weighted by Gasteiger charge is -2.40. The van der Waals surface area contributed by atoms with Crippen LogP contribution in [-0.2, 0) is 24.7 Å². The standard InChI is InChI=1S/C26H26F3N/c1-18-4-6-19(7-5-18)15-30-16-22-14-21(10-13-24(22)25(2,3)17-30)20-8-11-23(12-9-20)26(27,28)29/h4-14H,15-17H2,1-3H3. The summed E-state index contributed by atoms with van der Waals surface area (Å²) >= 11 is 0. The van der Waals surface area contributed by atoms with E-state index in [9.17, 15) is 13.2 Å². The number of halogens is 3. The van der Waals surface area contributed by atoms with Gasteiger partial charge in [-0.3, -0.25) is 4.90 Å². The Balaban J connectivity index is 1.61. The van der Waals surface area contributed by atoms with Gasteiger partial charge >= 0.3 is 6.18 Å². The normalized spacial score (nSPS) is 16.3. The van der Waals surface area contributed by atoms with E-state index < -0.39 is 11.7 Å². The molecule has 0 amide bonds. The summed E-state index contributed by atoms with van der Waals surface area (Å²) in [5, 5.41) is 0. The Kier molecular flexibility index (Phi) is 5.23. The van der Waals surface area contributed by atoms with Crippen molar-refractivity contribution in [3.63, 3.8) is 0 Å². The van der Waals surface area contributed by atoms with Crippen LogP contribution in [0.1, 0.15) is 41.7 Å². The molecule has 0 fully saturated rings. The van der Waals surface area contributed by atoms with E-state index in [0.717, 1.165) is 42.9 Å². The van der Waals surface area contributed by atoms with Gasteiger partial charge in [-0.05, 0) is 52.9 Å². The highest BCUT2D eigenvalue weighted by Crippen LogP contribution is 2.37. The van der Waals surface area contributed by atoms with Gasteiger partial charge in [-0.25, -0.2) is 0 Å². The van der Waals surface area contributed by atoms with E-state index in [1.807, 2.05) is 6.07 Å². The fraction of sp³-hybridized carbons (Fsp3) is 0.308. The van der Waals surface area contributed by atoms with Gasteiger partial charge in [0.1, 0.15) is 0 Å². The fourth-order valence-corrected chi connectivity index (χ4v) is 4.42. The van der Waals surface area contributed by atoms with Crippen molar-refractivity contribution in [2.45, 2.75) is 45.5 Å². The zero-order chi connectivity index (χ0) is 21.5. The molecule has 0 aromatic heterocycles. The number of alkyl halides is 3. The predicted octanol–water partition coefficient (Wildman–Crippen LogP) is 6.97. The van der Waals surface area contributed by atoms with Crippen molar-refractivity contribution in [1.29, 1.82) is 0 Å². The summed E-state index contributed by atoms with van der Waals surface area (Å²) in [6.45, 7) is 9.28. The molecule has 1 aliphatic heterocycles. The van der Waals surface area contributed by atoms with Crippen molar-refractivity contribution in [2.24, 2.45) is 0 Å². The van der Waals surface area contributed by atoms with E-state index >= 15 is 0 Å². The second-order valence-corrected chi connectivity index (χ2v) is 8.96. The summed E-state index contributed by atoms with van der Waals surface area (Å²) in [5.41, 5.74) is 6.26. The lowest BCUT2D eigenvalue weighted by molar-refractivity contribution is -0.137. The molecule has 4 heteroatoms. The van der Waals surface area contributed by atoms with Gasteiger partial charge < -0.3 is 0 Å². The topological polar surface area (TPSA) is 3.24 Å². The molecule has 4 rings (SSSR count). The summed E-state index contributed by atoms with van der Waals surface area (Å²) in [6.07, 6.45) is -4.31. The second-order valence-electron chi connectivity index (χ2n) is 8.96. The summed E-state index contributed by atoms with van der Waals surface area (Å²) in [7, 11) is 0. The maximum Gasteiger partial charge on any atom is 0.416 e. The number of aryl methyl sites for hydroxylation is 1. The molecule has 156 valence electrons. The van der Waals surface area contributed by atoms with Gasteiger partial charge in [0.2, 0.25) is 0 Å². The molecule has 1 nitrogen and oxygen atoms in total. The first-order valence-electron chi connectivity index (χ1n) is 10.2. The molecule has 0 unspecified atom stereocenters. The Morgan fingerprint density at radius 1 is 0.867 bits per heavy atom. The molecule has 0 N–H and O–H groups in total. The molecule has 1 heterocycles. The van der Waals surface area contributed by atoms with Gasteiger partial charge in [0.05, 0.1) is 5.56 Å². The van der Waals surface area contributed by atoms with Gasteiger partial charge in [-0.1, -0.05) is 67.9 Å². The van der Waals surface area contributed by atoms with E-state index in [-0.39, 0.29) is 5.41 Å². The number of benzene rings is 3. The Morgan fingerprint density at radius 2 is 1.50 bits per heavy atom. The van der Waals surface area contributed by atoms with E-state index in [0.29, 0.717) is 0 Å². The molecule has 30 heavy (non-hydrogen) atoms. The number of hydrogen-bond acceptors (Lipinski definition) is 1. The summed E-state index contributed by atoms with van der Waals surface area (Å²) in [4.78, 5) is 2.45. The molecule has 0 saturated carbocycles. The van der Waals surface area contributed by atoms with E-state index in [2.05, 4.69) is 62.1 Å². The largest absolute Gasteiger partial charge is 0.416 e. The monoisotopic (exact) mass is 409 g/mol. The van der Waals surface area contributed by atoms with Crippen molar-refractivity contribution in [2.75, 3.05) is 6.54 Å². The van der Waals surface area contributed by atoms with Crippen LogP contribution in [0.5, 0.6) is 0 Å². The Morgan fingerprint density at radius 3 is 2.13 bits per heavy atom. The smallest absolute Gasteiger partial charge is 0.294 e. The number of nitrogens with zero attached hydrogens (tertiary/aromatic N) is 1. The zero-order valence-electron chi connectivity index (χ0n) is 17.6. The Hall–Kier alpha value is -2.59. The maximum atomic E-state index is 12.9. The minimum absolute atomic E-state index is 0.0109. The first-order chi connectivity index (χ1) is 14.1. The lowest BCUT2D eigenvalue weighted by Crippen LogP contribution is -2.41. The van der Waals surface area contributed by atoms with Crippen molar-refractivity contribution < 1.29 is 13.2 Å². The van der Waals surface area contributed by atoms with Crippen molar-refractivity contribution in [3.8, 4) is 11.1 Å². The van der Waals surface area contributed by atoms with Gasteiger partial charge in [0.25, 0.3) is 0 Å². The highest BCUT2D eigenvalue weighted by atomic mass is 19.4. The van der Waals surface area contributed by atoms with Crippen molar-refractivity contribution in [3.05, 3.63) is 94.5 Å². The number of hydrogen-bond donors (Lipinski definition) is 0. The van der Waals surface area contributed by atoms with E-state index in [1.165, 1.54) is 22.3 Å². The van der Waals surface area contributed by atoms with Crippen LogP contribution in [0.25, 0.3) is 11.1 Å². The highest BCUT2D eigenvalue weighted by Gasteiger charge is 2.32. The molecule has 1 aliphatic rings. The fourth-order valence-electron chi connectivity index (χ4n) is 4.42. The quantitative estimate of drug-likeness (QED) is 0.451. The van der Waals surface area contributed by atoms with Crippen LogP contribution in [-0.4, -0.2) is 11.4 Å². The average molecular weight is 409 g/mol. The minimum atomic E-state index is -4.31. The molecular formula is C26H26F3N. The Bertz CT molecular complexity index is 1030. The number of rotatable bonds is 3. The SMILES string of the molecule is Cc1ccc(CN2Cc3cc(-c4ccc(C(F)(F)F)cc4)ccc3C(C)(C)C2)cc1. The molecule has 0 bridgehead atoms. The van der Waals surface area contributed by atoms with Gasteiger partial charge in [0, 0.05) is 25.0 Å². The molecule has 0 radical (unpaired) electrons. The van der Waals surface area contributed by atoms with Crippen LogP contribution >= 0.6 is 0 Å². The first-order valence-corrected chi connectivity index (χ1v) is 10.2. The van der Waals surface area contributed by atoms with Crippen LogP contribution in [0.4, 0.5) is 13.2 Å². The molecular weight excluding hydrogens is 383 g/mol. The third-order valence-electron chi connectivity index (χ3n) is 5.92. The van der Waals surface area contributed by atoms with Crippen LogP contribution in [0.15, 0.2) is 66.7 Å². The number of fused-ring (bicyclic) bond motifs is 1. The van der Waals surface area contributed by atoms with Crippen LogP contribution < -0.4 is 0 Å². The molecule has 0 saturated heterocycles. The third kappa shape index (κ3) is 4.29. The van der Waals surface area contributed by atoms with Gasteiger partial charge in [0.15, 0.2) is 0 Å².